The number of hydrogen-bond acceptors (Lipinski definition) is 4. The van der Waals surface area contributed by atoms with Crippen molar-refractivity contribution in [1.29, 1.82) is 0 Å². The van der Waals surface area contributed by atoms with Crippen molar-refractivity contribution >= 4 is 5.88 Å². The largest absolute Gasteiger partial charge is 0.368 e. The quantitative estimate of drug-likeness (QED) is 0.657. The van der Waals surface area contributed by atoms with E-state index in [0.29, 0.717) is 11.6 Å². The van der Waals surface area contributed by atoms with Crippen molar-refractivity contribution in [3.8, 4) is 11.4 Å². The van der Waals surface area contributed by atoms with E-state index < -0.39 is 0 Å². The number of aromatic nitrogens is 3. The van der Waals surface area contributed by atoms with Crippen molar-refractivity contribution in [2.75, 3.05) is 5.73 Å². The number of rotatable bonds is 1. The fourth-order valence-electron chi connectivity index (χ4n) is 1.02. The van der Waals surface area contributed by atoms with Crippen LogP contribution in [0, 0.1) is 6.92 Å². The minimum Gasteiger partial charge on any atom is -0.368 e. The highest BCUT2D eigenvalue weighted by Crippen LogP contribution is 2.19. The van der Waals surface area contributed by atoms with Crippen LogP contribution in [0.2, 0.25) is 0 Å². The summed E-state index contributed by atoms with van der Waals surface area (Å²) < 4.78 is 4.72. The minimum absolute atomic E-state index is 0.299. The van der Waals surface area contributed by atoms with Gasteiger partial charge in [-0.25, -0.2) is 4.98 Å². The van der Waals surface area contributed by atoms with Gasteiger partial charge in [0.05, 0.1) is 6.33 Å². The maximum atomic E-state index is 5.37. The summed E-state index contributed by atoms with van der Waals surface area (Å²) in [5.41, 5.74) is 7.75. The van der Waals surface area contributed by atoms with E-state index in [1.807, 2.05) is 6.92 Å². The van der Waals surface area contributed by atoms with Crippen molar-refractivity contribution in [2.45, 2.75) is 6.92 Å². The van der Waals surface area contributed by atoms with Crippen molar-refractivity contribution in [1.82, 2.24) is 15.1 Å². The number of nitrogen functional groups attached to an aromatic ring is 1. The molecule has 0 atom stereocenters. The number of aromatic amines is 1. The molecule has 12 heavy (non-hydrogen) atoms. The molecule has 5 heteroatoms. The Bertz CT molecular complexity index is 390. The lowest BCUT2D eigenvalue weighted by molar-refractivity contribution is 0.439. The van der Waals surface area contributed by atoms with Crippen LogP contribution in [-0.4, -0.2) is 15.1 Å². The predicted octanol–water partition coefficient (Wildman–Crippen LogP) is 0.955. The second-order valence-electron chi connectivity index (χ2n) is 2.49. The van der Waals surface area contributed by atoms with Crippen LogP contribution in [0.15, 0.2) is 16.9 Å². The Morgan fingerprint density at radius 3 is 2.92 bits per heavy atom. The maximum absolute atomic E-state index is 5.37. The molecule has 2 heterocycles. The minimum atomic E-state index is 0.299. The van der Waals surface area contributed by atoms with Gasteiger partial charge in [0, 0.05) is 11.8 Å². The van der Waals surface area contributed by atoms with E-state index in [4.69, 9.17) is 10.3 Å². The summed E-state index contributed by atoms with van der Waals surface area (Å²) in [5.74, 6) is 0.299. The molecule has 3 N–H and O–H groups in total. The Balaban J connectivity index is 2.50. The fraction of sp³-hybridized carbons (Fsp3) is 0.143. The average Bonchev–Trinajstić information content (AvgIpc) is 2.58. The molecule has 0 bridgehead atoms. The molecule has 0 radical (unpaired) electrons. The third-order valence-electron chi connectivity index (χ3n) is 1.60. The number of nitrogens with two attached hydrogens (primary N) is 1. The van der Waals surface area contributed by atoms with Gasteiger partial charge in [-0.15, -0.1) is 0 Å². The van der Waals surface area contributed by atoms with Gasteiger partial charge in [0.15, 0.2) is 0 Å². The standard InChI is InChI=1S/C7H8N4O/c1-4-7(10-3-9-4)5-2-6(8)12-11-5/h2-3H,8H2,1H3,(H,9,10). The highest BCUT2D eigenvalue weighted by atomic mass is 16.5. The van der Waals surface area contributed by atoms with Crippen LogP contribution in [0.25, 0.3) is 11.4 Å². The molecule has 5 nitrogen and oxygen atoms in total. The molecule has 0 amide bonds. The molecule has 0 aromatic carbocycles. The third-order valence-corrected chi connectivity index (χ3v) is 1.60. The molecule has 0 aliphatic heterocycles. The second-order valence-corrected chi connectivity index (χ2v) is 2.49. The molecule has 0 saturated heterocycles. The molecular weight excluding hydrogens is 156 g/mol. The Kier molecular flexibility index (Phi) is 1.36. The Morgan fingerprint density at radius 1 is 1.58 bits per heavy atom. The van der Waals surface area contributed by atoms with Gasteiger partial charge in [-0.1, -0.05) is 5.16 Å². The monoisotopic (exact) mass is 164 g/mol. The lowest BCUT2D eigenvalue weighted by Gasteiger charge is -1.87. The summed E-state index contributed by atoms with van der Waals surface area (Å²) in [6.07, 6.45) is 1.61. The smallest absolute Gasteiger partial charge is 0.222 e. The van der Waals surface area contributed by atoms with Crippen molar-refractivity contribution in [2.24, 2.45) is 0 Å². The molecule has 2 rings (SSSR count). The van der Waals surface area contributed by atoms with E-state index >= 15 is 0 Å². The molecule has 0 spiro atoms. The zero-order valence-electron chi connectivity index (χ0n) is 6.53. The van der Waals surface area contributed by atoms with E-state index in [1.165, 1.54) is 0 Å². The first-order valence-electron chi connectivity index (χ1n) is 3.50. The molecule has 0 unspecified atom stereocenters. The SMILES string of the molecule is Cc1[nH]cnc1-c1cc(N)on1. The molecule has 2 aromatic heterocycles. The van der Waals surface area contributed by atoms with Gasteiger partial charge in [-0.3, -0.25) is 0 Å². The molecule has 2 aromatic rings. The highest BCUT2D eigenvalue weighted by Gasteiger charge is 2.08. The van der Waals surface area contributed by atoms with Crippen LogP contribution in [0.4, 0.5) is 5.88 Å². The van der Waals surface area contributed by atoms with E-state index in [1.54, 1.807) is 12.4 Å². The van der Waals surface area contributed by atoms with Gasteiger partial charge < -0.3 is 15.2 Å². The first-order chi connectivity index (χ1) is 5.77. The van der Waals surface area contributed by atoms with Crippen molar-refractivity contribution in [3.63, 3.8) is 0 Å². The molecule has 62 valence electrons. The maximum Gasteiger partial charge on any atom is 0.222 e. The molecule has 0 fully saturated rings. The van der Waals surface area contributed by atoms with E-state index in [-0.39, 0.29) is 0 Å². The third kappa shape index (κ3) is 0.952. The van der Waals surface area contributed by atoms with Gasteiger partial charge in [-0.05, 0) is 6.92 Å². The van der Waals surface area contributed by atoms with Crippen LogP contribution in [0.1, 0.15) is 5.69 Å². The number of anilines is 1. The zero-order chi connectivity index (χ0) is 8.55. The molecule has 0 aliphatic rings. The highest BCUT2D eigenvalue weighted by molar-refractivity contribution is 5.58. The van der Waals surface area contributed by atoms with Crippen LogP contribution in [0.5, 0.6) is 0 Å². The van der Waals surface area contributed by atoms with Gasteiger partial charge in [0.1, 0.15) is 11.4 Å². The number of imidazole rings is 1. The van der Waals surface area contributed by atoms with E-state index in [0.717, 1.165) is 11.4 Å². The van der Waals surface area contributed by atoms with Gasteiger partial charge in [0.2, 0.25) is 5.88 Å². The summed E-state index contributed by atoms with van der Waals surface area (Å²) in [6, 6.07) is 1.64. The Labute approximate surface area is 68.6 Å². The molecular formula is C7H8N4O. The van der Waals surface area contributed by atoms with Crippen LogP contribution < -0.4 is 5.73 Å². The number of nitrogens with one attached hydrogen (secondary N) is 1. The van der Waals surface area contributed by atoms with Crippen LogP contribution in [0.3, 0.4) is 0 Å². The second kappa shape index (κ2) is 2.37. The number of aryl methyl sites for hydroxylation is 1. The number of nitrogens with zero attached hydrogens (tertiary/aromatic N) is 2. The van der Waals surface area contributed by atoms with Crippen molar-refractivity contribution < 1.29 is 4.52 Å². The van der Waals surface area contributed by atoms with Crippen molar-refractivity contribution in [3.05, 3.63) is 18.1 Å². The van der Waals surface area contributed by atoms with Crippen LogP contribution >= 0.6 is 0 Å². The number of H-pyrrole nitrogens is 1. The topological polar surface area (TPSA) is 80.7 Å². The fourth-order valence-corrected chi connectivity index (χ4v) is 1.02. The summed E-state index contributed by atoms with van der Waals surface area (Å²) >= 11 is 0. The molecule has 0 saturated carbocycles. The van der Waals surface area contributed by atoms with Gasteiger partial charge in [0.25, 0.3) is 0 Å². The Hall–Kier alpha value is -1.78. The summed E-state index contributed by atoms with van der Waals surface area (Å²) in [7, 11) is 0. The summed E-state index contributed by atoms with van der Waals surface area (Å²) in [4.78, 5) is 7.01. The first-order valence-corrected chi connectivity index (χ1v) is 3.50. The van der Waals surface area contributed by atoms with E-state index in [2.05, 4.69) is 15.1 Å². The van der Waals surface area contributed by atoms with E-state index in [9.17, 15) is 0 Å². The molecule has 0 aliphatic carbocycles. The normalized spacial score (nSPS) is 10.4. The first kappa shape index (κ1) is 6.90. The lowest BCUT2D eigenvalue weighted by Crippen LogP contribution is -1.80. The lowest BCUT2D eigenvalue weighted by atomic mass is 10.2. The van der Waals surface area contributed by atoms with Gasteiger partial charge >= 0.3 is 0 Å². The summed E-state index contributed by atoms with van der Waals surface area (Å²) in [6.45, 7) is 1.91. The zero-order valence-corrected chi connectivity index (χ0v) is 6.53. The Morgan fingerprint density at radius 2 is 2.42 bits per heavy atom. The average molecular weight is 164 g/mol. The van der Waals surface area contributed by atoms with Gasteiger partial charge in [-0.2, -0.15) is 0 Å². The summed E-state index contributed by atoms with van der Waals surface area (Å²) in [5, 5.41) is 3.74. The number of hydrogen-bond donors (Lipinski definition) is 2. The van der Waals surface area contributed by atoms with Crippen LogP contribution in [-0.2, 0) is 0 Å². The predicted molar refractivity (Wildman–Crippen MR) is 43.2 cm³/mol.